The lowest BCUT2D eigenvalue weighted by Crippen LogP contribution is -2.56. The quantitative estimate of drug-likeness (QED) is 0.549. The van der Waals surface area contributed by atoms with Crippen molar-refractivity contribution in [3.63, 3.8) is 0 Å². The third-order valence-electron chi connectivity index (χ3n) is 3.85. The zero-order valence-electron chi connectivity index (χ0n) is 13.9. The molecule has 1 aliphatic heterocycles. The largest absolute Gasteiger partial charge is 0.393 e. The highest BCUT2D eigenvalue weighted by atomic mass is 28.4. The lowest BCUT2D eigenvalue weighted by atomic mass is 9.90. The summed E-state index contributed by atoms with van der Waals surface area (Å²) in [4.78, 5) is 0. The highest BCUT2D eigenvalue weighted by Crippen LogP contribution is 2.30. The Bertz CT molecular complexity index is 263. The number of rotatable bonds is 11. The van der Waals surface area contributed by atoms with E-state index in [1.165, 1.54) is 0 Å². The van der Waals surface area contributed by atoms with Gasteiger partial charge < -0.3 is 18.3 Å². The second-order valence-electron chi connectivity index (χ2n) is 5.92. The molecule has 0 radical (unpaired) electrons. The standard InChI is InChI=1S/C15H32O4Si/c1-6-10-14(17-13-15(5)11-16-12-15)20(9-4,18-7-2)19-8-3/h14H,6-13H2,1-5H3. The summed E-state index contributed by atoms with van der Waals surface area (Å²) in [5.74, 6) is 0. The van der Waals surface area contributed by atoms with Gasteiger partial charge in [-0.3, -0.25) is 0 Å². The van der Waals surface area contributed by atoms with E-state index in [2.05, 4.69) is 20.8 Å². The fourth-order valence-corrected chi connectivity index (χ4v) is 6.04. The van der Waals surface area contributed by atoms with E-state index in [-0.39, 0.29) is 11.1 Å². The predicted molar refractivity (Wildman–Crippen MR) is 83.1 cm³/mol. The fraction of sp³-hybridized carbons (Fsp3) is 1.00. The molecule has 1 aliphatic rings. The lowest BCUT2D eigenvalue weighted by Gasteiger charge is -2.41. The third-order valence-corrected chi connectivity index (χ3v) is 7.82. The van der Waals surface area contributed by atoms with E-state index >= 15 is 0 Å². The van der Waals surface area contributed by atoms with Gasteiger partial charge in [0.25, 0.3) is 0 Å². The highest BCUT2D eigenvalue weighted by molar-refractivity contribution is 6.68. The van der Waals surface area contributed by atoms with Crippen LogP contribution in [0.3, 0.4) is 0 Å². The highest BCUT2D eigenvalue weighted by Gasteiger charge is 2.46. The van der Waals surface area contributed by atoms with Crippen molar-refractivity contribution >= 4 is 8.56 Å². The molecule has 0 aromatic carbocycles. The van der Waals surface area contributed by atoms with Crippen molar-refractivity contribution in [2.75, 3.05) is 33.0 Å². The molecule has 0 aliphatic carbocycles. The topological polar surface area (TPSA) is 36.9 Å². The third kappa shape index (κ3) is 4.53. The van der Waals surface area contributed by atoms with Crippen molar-refractivity contribution < 1.29 is 18.3 Å². The summed E-state index contributed by atoms with van der Waals surface area (Å²) in [6.07, 6.45) is 2.10. The molecular weight excluding hydrogens is 272 g/mol. The molecule has 5 heteroatoms. The summed E-state index contributed by atoms with van der Waals surface area (Å²) >= 11 is 0. The van der Waals surface area contributed by atoms with Crippen molar-refractivity contribution in [2.24, 2.45) is 5.41 Å². The lowest BCUT2D eigenvalue weighted by molar-refractivity contribution is -0.145. The first-order chi connectivity index (χ1) is 9.55. The van der Waals surface area contributed by atoms with Crippen LogP contribution in [0.25, 0.3) is 0 Å². The Morgan fingerprint density at radius 1 is 1.10 bits per heavy atom. The Morgan fingerprint density at radius 3 is 2.05 bits per heavy atom. The molecule has 1 heterocycles. The van der Waals surface area contributed by atoms with Gasteiger partial charge in [0.2, 0.25) is 0 Å². The van der Waals surface area contributed by atoms with Gasteiger partial charge in [-0.25, -0.2) is 0 Å². The van der Waals surface area contributed by atoms with Gasteiger partial charge in [-0.15, -0.1) is 0 Å². The molecular formula is C15H32O4Si. The molecule has 120 valence electrons. The van der Waals surface area contributed by atoms with Crippen LogP contribution in [0.15, 0.2) is 0 Å². The Balaban J connectivity index is 2.71. The molecule has 4 nitrogen and oxygen atoms in total. The van der Waals surface area contributed by atoms with Crippen LogP contribution in [0.5, 0.6) is 0 Å². The van der Waals surface area contributed by atoms with Crippen LogP contribution in [-0.4, -0.2) is 47.3 Å². The zero-order valence-corrected chi connectivity index (χ0v) is 14.9. The van der Waals surface area contributed by atoms with Gasteiger partial charge in [-0.05, 0) is 26.3 Å². The smallest absolute Gasteiger partial charge is 0.367 e. The van der Waals surface area contributed by atoms with Gasteiger partial charge in [0.1, 0.15) is 5.73 Å². The molecule has 1 unspecified atom stereocenters. The maximum atomic E-state index is 6.28. The molecule has 0 amide bonds. The van der Waals surface area contributed by atoms with Crippen molar-refractivity contribution in [1.82, 2.24) is 0 Å². The van der Waals surface area contributed by atoms with E-state index in [1.54, 1.807) is 0 Å². The molecule has 0 aromatic heterocycles. The number of hydrogen-bond donors (Lipinski definition) is 0. The first kappa shape index (κ1) is 18.1. The maximum absolute atomic E-state index is 6.28. The first-order valence-corrected chi connectivity index (χ1v) is 10.1. The summed E-state index contributed by atoms with van der Waals surface area (Å²) in [6.45, 7) is 14.4. The minimum absolute atomic E-state index is 0.120. The van der Waals surface area contributed by atoms with Crippen LogP contribution in [0, 0.1) is 5.41 Å². The van der Waals surface area contributed by atoms with Crippen molar-refractivity contribution in [1.29, 1.82) is 0 Å². The van der Waals surface area contributed by atoms with E-state index < -0.39 is 8.56 Å². The molecule has 0 aromatic rings. The first-order valence-electron chi connectivity index (χ1n) is 8.03. The van der Waals surface area contributed by atoms with E-state index in [0.717, 1.165) is 38.7 Å². The molecule has 1 atom stereocenters. The van der Waals surface area contributed by atoms with Gasteiger partial charge in [0.15, 0.2) is 0 Å². The number of hydrogen-bond acceptors (Lipinski definition) is 4. The normalized spacial score (nSPS) is 19.6. The molecule has 1 saturated heterocycles. The minimum atomic E-state index is -2.27. The molecule has 0 N–H and O–H groups in total. The molecule has 0 spiro atoms. The van der Waals surface area contributed by atoms with E-state index in [1.807, 2.05) is 13.8 Å². The monoisotopic (exact) mass is 304 g/mol. The fourth-order valence-electron chi connectivity index (χ4n) is 2.68. The molecule has 0 bridgehead atoms. The molecule has 0 saturated carbocycles. The van der Waals surface area contributed by atoms with Crippen LogP contribution in [-0.2, 0) is 18.3 Å². The average Bonchev–Trinajstić information content (AvgIpc) is 2.41. The SMILES string of the molecule is CCCC(OCC1(C)COC1)[Si](CC)(OCC)OCC. The summed E-state index contributed by atoms with van der Waals surface area (Å²) in [5.41, 5.74) is 0.299. The maximum Gasteiger partial charge on any atom is 0.367 e. The predicted octanol–water partition coefficient (Wildman–Crippen LogP) is 3.28. The second kappa shape index (κ2) is 8.49. The van der Waals surface area contributed by atoms with Crippen molar-refractivity contribution in [3.8, 4) is 0 Å². The Labute approximate surface area is 125 Å². The van der Waals surface area contributed by atoms with Crippen molar-refractivity contribution in [3.05, 3.63) is 0 Å². The Kier molecular flexibility index (Phi) is 7.68. The van der Waals surface area contributed by atoms with E-state index in [9.17, 15) is 0 Å². The van der Waals surface area contributed by atoms with Gasteiger partial charge in [-0.2, -0.15) is 0 Å². The van der Waals surface area contributed by atoms with Gasteiger partial charge >= 0.3 is 8.56 Å². The zero-order chi connectivity index (χ0) is 15.1. The number of ether oxygens (including phenoxy) is 2. The van der Waals surface area contributed by atoms with Gasteiger partial charge in [0.05, 0.1) is 19.8 Å². The summed E-state index contributed by atoms with van der Waals surface area (Å²) in [5, 5.41) is 0. The average molecular weight is 305 g/mol. The van der Waals surface area contributed by atoms with Crippen LogP contribution >= 0.6 is 0 Å². The molecule has 1 fully saturated rings. The Hall–Kier alpha value is 0.0569. The summed E-state index contributed by atoms with van der Waals surface area (Å²) in [7, 11) is -2.27. The van der Waals surface area contributed by atoms with Gasteiger partial charge in [0, 0.05) is 18.6 Å². The summed E-state index contributed by atoms with van der Waals surface area (Å²) in [6, 6.07) is 0.937. The molecule has 20 heavy (non-hydrogen) atoms. The minimum Gasteiger partial charge on any atom is -0.393 e. The van der Waals surface area contributed by atoms with E-state index in [0.29, 0.717) is 13.2 Å². The van der Waals surface area contributed by atoms with E-state index in [4.69, 9.17) is 18.3 Å². The van der Waals surface area contributed by atoms with Gasteiger partial charge in [-0.1, -0.05) is 27.2 Å². The second-order valence-corrected chi connectivity index (χ2v) is 9.48. The van der Waals surface area contributed by atoms with Crippen LogP contribution in [0.4, 0.5) is 0 Å². The Morgan fingerprint density at radius 2 is 1.70 bits per heavy atom. The van der Waals surface area contributed by atoms with Crippen LogP contribution < -0.4 is 0 Å². The molecule has 1 rings (SSSR count). The van der Waals surface area contributed by atoms with Crippen LogP contribution in [0.2, 0.25) is 6.04 Å². The van der Waals surface area contributed by atoms with Crippen LogP contribution in [0.1, 0.15) is 47.5 Å². The van der Waals surface area contributed by atoms with Crippen molar-refractivity contribution in [2.45, 2.75) is 59.2 Å². The summed E-state index contributed by atoms with van der Waals surface area (Å²) < 4.78 is 23.8.